The minimum Gasteiger partial charge on any atom is -0.508 e. The number of hydrogen-bond donors (Lipinski definition) is 2. The second-order valence-corrected chi connectivity index (χ2v) is 3.67. The molecule has 2 N–H and O–H groups in total. The first-order valence-electron chi connectivity index (χ1n) is 6.38. The summed E-state index contributed by atoms with van der Waals surface area (Å²) >= 11 is 0. The quantitative estimate of drug-likeness (QED) is 0.661. The van der Waals surface area contributed by atoms with E-state index in [1.54, 1.807) is 61.0 Å². The predicted octanol–water partition coefficient (Wildman–Crippen LogP) is 3.58. The van der Waals surface area contributed by atoms with Crippen molar-refractivity contribution < 1.29 is 10.2 Å². The van der Waals surface area contributed by atoms with Crippen molar-refractivity contribution in [2.75, 3.05) is 0 Å². The van der Waals surface area contributed by atoms with Crippen molar-refractivity contribution in [2.24, 2.45) is 10.2 Å². The zero-order valence-corrected chi connectivity index (χ0v) is 11.6. The van der Waals surface area contributed by atoms with Gasteiger partial charge in [-0.15, -0.1) is 0 Å². The lowest BCUT2D eigenvalue weighted by Crippen LogP contribution is -1.80. The summed E-state index contributed by atoms with van der Waals surface area (Å²) in [6, 6.07) is 13.3. The average Bonchev–Trinajstić information content (AvgIpc) is 2.49. The van der Waals surface area contributed by atoms with Crippen molar-refractivity contribution >= 4 is 12.4 Å². The van der Waals surface area contributed by atoms with Crippen LogP contribution in [0.15, 0.2) is 58.7 Å². The Morgan fingerprint density at radius 3 is 1.25 bits per heavy atom. The van der Waals surface area contributed by atoms with E-state index in [0.717, 1.165) is 11.1 Å². The van der Waals surface area contributed by atoms with Gasteiger partial charge in [0.1, 0.15) is 11.5 Å². The third-order valence-corrected chi connectivity index (χ3v) is 2.27. The zero-order valence-electron chi connectivity index (χ0n) is 11.6. The van der Waals surface area contributed by atoms with Gasteiger partial charge < -0.3 is 10.2 Å². The summed E-state index contributed by atoms with van der Waals surface area (Å²) in [4.78, 5) is 0. The molecule has 0 saturated carbocycles. The topological polar surface area (TPSA) is 65.2 Å². The highest BCUT2D eigenvalue weighted by atomic mass is 16.3. The van der Waals surface area contributed by atoms with E-state index in [1.165, 1.54) is 0 Å². The van der Waals surface area contributed by atoms with Crippen LogP contribution in [0.3, 0.4) is 0 Å². The maximum absolute atomic E-state index is 9.10. The molecule has 2 rings (SSSR count). The van der Waals surface area contributed by atoms with Gasteiger partial charge in [0.25, 0.3) is 0 Å². The van der Waals surface area contributed by atoms with E-state index >= 15 is 0 Å². The van der Waals surface area contributed by atoms with E-state index in [2.05, 4.69) is 10.2 Å². The molecule has 0 aliphatic heterocycles. The summed E-state index contributed by atoms with van der Waals surface area (Å²) < 4.78 is 0. The molecule has 0 saturated heterocycles. The van der Waals surface area contributed by atoms with E-state index in [9.17, 15) is 0 Å². The van der Waals surface area contributed by atoms with E-state index in [1.807, 2.05) is 13.8 Å². The van der Waals surface area contributed by atoms with Crippen molar-refractivity contribution in [3.05, 3.63) is 59.7 Å². The molecule has 0 aliphatic carbocycles. The van der Waals surface area contributed by atoms with Gasteiger partial charge in [0.15, 0.2) is 0 Å². The van der Waals surface area contributed by atoms with Gasteiger partial charge in [-0.25, -0.2) is 0 Å². The van der Waals surface area contributed by atoms with Crippen LogP contribution in [0.25, 0.3) is 0 Å². The molecule has 0 atom stereocenters. The van der Waals surface area contributed by atoms with Crippen LogP contribution in [0.4, 0.5) is 0 Å². The van der Waals surface area contributed by atoms with Crippen molar-refractivity contribution in [2.45, 2.75) is 13.8 Å². The van der Waals surface area contributed by atoms with Gasteiger partial charge in [-0.1, -0.05) is 13.8 Å². The van der Waals surface area contributed by atoms with Crippen LogP contribution in [-0.2, 0) is 0 Å². The second-order valence-electron chi connectivity index (χ2n) is 3.67. The van der Waals surface area contributed by atoms with Crippen LogP contribution in [-0.4, -0.2) is 22.6 Å². The van der Waals surface area contributed by atoms with Crippen molar-refractivity contribution in [1.82, 2.24) is 0 Å². The third-order valence-electron chi connectivity index (χ3n) is 2.27. The van der Waals surface area contributed by atoms with Crippen molar-refractivity contribution in [3.63, 3.8) is 0 Å². The number of aromatic hydroxyl groups is 2. The Bertz CT molecular complexity index is 505. The lowest BCUT2D eigenvalue weighted by atomic mass is 10.2. The number of phenolic OH excluding ortho intramolecular Hbond substituents is 2. The fourth-order valence-corrected chi connectivity index (χ4v) is 1.32. The number of phenols is 2. The number of benzene rings is 2. The van der Waals surface area contributed by atoms with Gasteiger partial charge >= 0.3 is 0 Å². The Morgan fingerprint density at radius 2 is 0.950 bits per heavy atom. The van der Waals surface area contributed by atoms with Gasteiger partial charge in [-0.3, -0.25) is 0 Å². The van der Waals surface area contributed by atoms with E-state index in [-0.39, 0.29) is 11.5 Å². The van der Waals surface area contributed by atoms with E-state index in [4.69, 9.17) is 10.2 Å². The summed E-state index contributed by atoms with van der Waals surface area (Å²) in [5, 5.41) is 26.0. The van der Waals surface area contributed by atoms with Crippen LogP contribution >= 0.6 is 0 Å². The molecule has 0 amide bonds. The zero-order chi connectivity index (χ0) is 14.8. The first kappa shape index (κ1) is 15.4. The van der Waals surface area contributed by atoms with E-state index < -0.39 is 0 Å². The summed E-state index contributed by atoms with van der Waals surface area (Å²) in [6.45, 7) is 4.00. The molecule has 0 unspecified atom stereocenters. The normalized spacial score (nSPS) is 10.5. The minimum absolute atomic E-state index is 0.222. The first-order valence-corrected chi connectivity index (χ1v) is 6.38. The Labute approximate surface area is 118 Å². The monoisotopic (exact) mass is 270 g/mol. The van der Waals surface area contributed by atoms with Crippen LogP contribution in [0.2, 0.25) is 0 Å². The summed E-state index contributed by atoms with van der Waals surface area (Å²) in [5.41, 5.74) is 1.71. The molecular weight excluding hydrogens is 252 g/mol. The van der Waals surface area contributed by atoms with Crippen LogP contribution < -0.4 is 0 Å². The molecule has 104 valence electrons. The molecule has 0 spiro atoms. The summed E-state index contributed by atoms with van der Waals surface area (Å²) in [5.74, 6) is 0.444. The van der Waals surface area contributed by atoms with Crippen LogP contribution in [0, 0.1) is 0 Å². The summed E-state index contributed by atoms with van der Waals surface area (Å²) in [7, 11) is 0. The molecular formula is C16H18N2O2. The molecule has 0 radical (unpaired) electrons. The fraction of sp³-hybridized carbons (Fsp3) is 0.125. The smallest absolute Gasteiger partial charge is 0.115 e. The lowest BCUT2D eigenvalue weighted by Gasteiger charge is -1.92. The summed E-state index contributed by atoms with van der Waals surface area (Å²) in [6.07, 6.45) is 3.19. The Kier molecular flexibility index (Phi) is 6.54. The maximum atomic E-state index is 9.10. The van der Waals surface area contributed by atoms with Crippen LogP contribution in [0.5, 0.6) is 11.5 Å². The first-order chi connectivity index (χ1) is 9.74. The maximum Gasteiger partial charge on any atom is 0.115 e. The van der Waals surface area contributed by atoms with Gasteiger partial charge in [0, 0.05) is 0 Å². The van der Waals surface area contributed by atoms with Gasteiger partial charge in [0.2, 0.25) is 0 Å². The number of rotatable bonds is 3. The highest BCUT2D eigenvalue weighted by Gasteiger charge is 1.89. The molecule has 2 aromatic rings. The standard InChI is InChI=1S/C14H12N2O2.C2H6/c17-13-5-1-11(2-6-13)9-15-16-10-12-3-7-14(18)8-4-12;1-2/h1-10,17-18H;1-2H3/b15-9+,16-10+;. The molecule has 0 bridgehead atoms. The van der Waals surface area contributed by atoms with Crippen molar-refractivity contribution in [1.29, 1.82) is 0 Å². The molecule has 0 heterocycles. The molecule has 2 aromatic carbocycles. The molecule has 0 fully saturated rings. The SMILES string of the molecule is CC.Oc1ccc(/C=N/N=C/c2ccc(O)cc2)cc1. The average molecular weight is 270 g/mol. The highest BCUT2D eigenvalue weighted by Crippen LogP contribution is 2.08. The molecule has 4 heteroatoms. The van der Waals surface area contributed by atoms with Gasteiger partial charge in [0.05, 0.1) is 12.4 Å². The lowest BCUT2D eigenvalue weighted by molar-refractivity contribution is 0.475. The second kappa shape index (κ2) is 8.48. The van der Waals surface area contributed by atoms with Gasteiger partial charge in [-0.05, 0) is 59.7 Å². The Hall–Kier alpha value is -2.62. The highest BCUT2D eigenvalue weighted by molar-refractivity contribution is 5.82. The van der Waals surface area contributed by atoms with E-state index in [0.29, 0.717) is 0 Å². The molecule has 20 heavy (non-hydrogen) atoms. The Balaban J connectivity index is 0.000000956. The number of hydrogen-bond acceptors (Lipinski definition) is 4. The molecule has 4 nitrogen and oxygen atoms in total. The minimum atomic E-state index is 0.222. The third kappa shape index (κ3) is 5.35. The van der Waals surface area contributed by atoms with Crippen LogP contribution in [0.1, 0.15) is 25.0 Å². The van der Waals surface area contributed by atoms with Crippen molar-refractivity contribution in [3.8, 4) is 11.5 Å². The predicted molar refractivity (Wildman–Crippen MR) is 82.7 cm³/mol. The largest absolute Gasteiger partial charge is 0.508 e. The molecule has 0 aromatic heterocycles. The Morgan fingerprint density at radius 1 is 0.650 bits per heavy atom. The fourth-order valence-electron chi connectivity index (χ4n) is 1.32. The molecule has 0 aliphatic rings. The number of nitrogens with zero attached hydrogens (tertiary/aromatic N) is 2. The van der Waals surface area contributed by atoms with Gasteiger partial charge in [-0.2, -0.15) is 10.2 Å².